The van der Waals surface area contributed by atoms with Crippen molar-refractivity contribution < 1.29 is 37.8 Å². The molecule has 1 fully saturated rings. The van der Waals surface area contributed by atoms with Crippen LogP contribution < -0.4 is 23.7 Å². The van der Waals surface area contributed by atoms with Gasteiger partial charge < -0.3 is 23.7 Å². The standard InChI is InChI=1S/C24H28O8P/c1-28-15-13-18(31-4)20(19(14-15)32-5)22(25)24(11-6-7-12-24)33(27)23(26)21-16(29-2)9-8-10-17(21)30-3/h8-10,13-14H,6-7,11-12H2,1-5H3/q+1. The van der Waals surface area contributed by atoms with Crippen molar-refractivity contribution in [2.45, 2.75) is 30.8 Å². The van der Waals surface area contributed by atoms with Crippen LogP contribution in [-0.2, 0) is 4.57 Å². The molecule has 0 heterocycles. The van der Waals surface area contributed by atoms with E-state index in [1.54, 1.807) is 30.3 Å². The monoisotopic (exact) mass is 475 g/mol. The van der Waals surface area contributed by atoms with Crippen molar-refractivity contribution in [3.05, 3.63) is 41.5 Å². The van der Waals surface area contributed by atoms with Gasteiger partial charge in [0, 0.05) is 25.0 Å². The van der Waals surface area contributed by atoms with Crippen LogP contribution in [-0.4, -0.2) is 52.0 Å². The summed E-state index contributed by atoms with van der Waals surface area (Å²) in [5, 5.41) is -1.40. The first kappa shape index (κ1) is 24.5. The lowest BCUT2D eigenvalue weighted by Gasteiger charge is -2.20. The van der Waals surface area contributed by atoms with Crippen LogP contribution in [0, 0.1) is 0 Å². The molecule has 1 aliphatic carbocycles. The summed E-state index contributed by atoms with van der Waals surface area (Å²) < 4.78 is 40.7. The third-order valence-corrected chi connectivity index (χ3v) is 8.03. The molecule has 176 valence electrons. The highest BCUT2D eigenvalue weighted by molar-refractivity contribution is 7.67. The molecule has 0 radical (unpaired) electrons. The third-order valence-electron chi connectivity index (χ3n) is 6.01. The smallest absolute Gasteiger partial charge is 0.434 e. The molecule has 0 N–H and O–H groups in total. The molecule has 1 atom stereocenters. The Morgan fingerprint density at radius 3 is 1.67 bits per heavy atom. The summed E-state index contributed by atoms with van der Waals surface area (Å²) >= 11 is 0. The molecule has 3 rings (SSSR count). The molecule has 0 spiro atoms. The Bertz CT molecular complexity index is 1020. The van der Waals surface area contributed by atoms with Crippen LogP contribution in [0.1, 0.15) is 46.4 Å². The molecule has 0 bridgehead atoms. The van der Waals surface area contributed by atoms with Crippen molar-refractivity contribution in [3.8, 4) is 28.7 Å². The number of methoxy groups -OCH3 is 5. The summed E-state index contributed by atoms with van der Waals surface area (Å²) in [6.07, 6.45) is 1.96. The molecule has 0 aliphatic heterocycles. The van der Waals surface area contributed by atoms with Gasteiger partial charge in [0.2, 0.25) is 10.9 Å². The topological polar surface area (TPSA) is 97.4 Å². The SMILES string of the molecule is COc1cc(OC)c(C(=O)C2([P+](=O)C(=O)c3c(OC)cccc3OC)CCCC2)c(OC)c1. The highest BCUT2D eigenvalue weighted by Gasteiger charge is 2.62. The van der Waals surface area contributed by atoms with Crippen LogP contribution in [0.2, 0.25) is 0 Å². The quantitative estimate of drug-likeness (QED) is 0.354. The van der Waals surface area contributed by atoms with Gasteiger partial charge in [0.05, 0.1) is 35.5 Å². The van der Waals surface area contributed by atoms with Gasteiger partial charge in [-0.1, -0.05) is 10.6 Å². The minimum absolute atomic E-state index is 0.0661. The third kappa shape index (κ3) is 4.27. The predicted octanol–water partition coefficient (Wildman–Crippen LogP) is 4.89. The Morgan fingerprint density at radius 2 is 1.24 bits per heavy atom. The van der Waals surface area contributed by atoms with Gasteiger partial charge in [0.1, 0.15) is 34.3 Å². The van der Waals surface area contributed by atoms with Gasteiger partial charge in [-0.3, -0.25) is 4.79 Å². The summed E-state index contributed by atoms with van der Waals surface area (Å²) in [4.78, 5) is 27.6. The second-order valence-corrected chi connectivity index (χ2v) is 9.46. The first-order chi connectivity index (χ1) is 15.9. The fourth-order valence-electron chi connectivity index (χ4n) is 4.30. The van der Waals surface area contributed by atoms with Gasteiger partial charge in [-0.05, 0) is 25.0 Å². The normalized spacial score (nSPS) is 14.9. The molecule has 1 unspecified atom stereocenters. The predicted molar refractivity (Wildman–Crippen MR) is 123 cm³/mol. The van der Waals surface area contributed by atoms with Crippen molar-refractivity contribution in [2.75, 3.05) is 35.5 Å². The molecule has 2 aromatic carbocycles. The van der Waals surface area contributed by atoms with E-state index in [-0.39, 0.29) is 34.1 Å². The fraction of sp³-hybridized carbons (Fsp3) is 0.417. The van der Waals surface area contributed by atoms with Gasteiger partial charge in [0.15, 0.2) is 5.56 Å². The van der Waals surface area contributed by atoms with Gasteiger partial charge in [0.25, 0.3) is 0 Å². The molecule has 0 amide bonds. The first-order valence-electron chi connectivity index (χ1n) is 10.5. The summed E-state index contributed by atoms with van der Waals surface area (Å²) in [6.45, 7) is 0. The lowest BCUT2D eigenvalue weighted by atomic mass is 9.93. The second kappa shape index (κ2) is 10.2. The molecular formula is C24H28O8P+. The maximum atomic E-state index is 14.0. The van der Waals surface area contributed by atoms with Gasteiger partial charge in [-0.2, -0.15) is 0 Å². The molecule has 1 aliphatic rings. The van der Waals surface area contributed by atoms with E-state index in [1.165, 1.54) is 35.5 Å². The van der Waals surface area contributed by atoms with Crippen LogP contribution in [0.5, 0.6) is 28.7 Å². The minimum atomic E-state index is -2.70. The van der Waals surface area contributed by atoms with Crippen molar-refractivity contribution in [1.82, 2.24) is 0 Å². The largest absolute Gasteiger partial charge is 0.496 e. The van der Waals surface area contributed by atoms with Gasteiger partial charge >= 0.3 is 13.3 Å². The van der Waals surface area contributed by atoms with Crippen LogP contribution >= 0.6 is 7.80 Å². The van der Waals surface area contributed by atoms with E-state index in [0.717, 1.165) is 0 Å². The van der Waals surface area contributed by atoms with E-state index in [0.29, 0.717) is 31.4 Å². The number of ether oxygens (including phenoxy) is 5. The van der Waals surface area contributed by atoms with Crippen LogP contribution in [0.15, 0.2) is 30.3 Å². The van der Waals surface area contributed by atoms with E-state index in [9.17, 15) is 14.2 Å². The zero-order valence-corrected chi connectivity index (χ0v) is 20.3. The number of rotatable bonds is 10. The summed E-state index contributed by atoms with van der Waals surface area (Å²) in [5.74, 6) is 0.937. The van der Waals surface area contributed by atoms with E-state index in [2.05, 4.69) is 0 Å². The van der Waals surface area contributed by atoms with Gasteiger partial charge in [-0.15, -0.1) is 0 Å². The van der Waals surface area contributed by atoms with E-state index in [4.69, 9.17) is 23.7 Å². The molecule has 0 saturated heterocycles. The zero-order chi connectivity index (χ0) is 24.2. The van der Waals surface area contributed by atoms with Crippen molar-refractivity contribution in [3.63, 3.8) is 0 Å². The Morgan fingerprint density at radius 1 is 0.758 bits per heavy atom. The van der Waals surface area contributed by atoms with Crippen molar-refractivity contribution >= 4 is 19.1 Å². The van der Waals surface area contributed by atoms with E-state index >= 15 is 0 Å². The van der Waals surface area contributed by atoms with E-state index < -0.39 is 24.3 Å². The number of carbonyl (C=O) groups excluding carboxylic acids is 2. The molecule has 9 heteroatoms. The lowest BCUT2D eigenvalue weighted by molar-refractivity contribution is 0.0924. The average Bonchev–Trinajstić information content (AvgIpc) is 3.37. The Balaban J connectivity index is 2.14. The number of hydrogen-bond acceptors (Lipinski definition) is 8. The number of benzene rings is 2. The number of ketones is 1. The summed E-state index contributed by atoms with van der Waals surface area (Å²) in [5.41, 5.74) is -0.469. The summed E-state index contributed by atoms with van der Waals surface area (Å²) in [6, 6.07) is 7.99. The number of carbonyl (C=O) groups is 2. The maximum absolute atomic E-state index is 14.0. The van der Waals surface area contributed by atoms with Crippen LogP contribution in [0.3, 0.4) is 0 Å². The molecular weight excluding hydrogens is 447 g/mol. The zero-order valence-electron chi connectivity index (χ0n) is 19.4. The van der Waals surface area contributed by atoms with Gasteiger partial charge in [-0.25, -0.2) is 4.79 Å². The highest BCUT2D eigenvalue weighted by Crippen LogP contribution is 2.56. The highest BCUT2D eigenvalue weighted by atomic mass is 31.1. The second-order valence-electron chi connectivity index (χ2n) is 7.61. The minimum Gasteiger partial charge on any atom is -0.496 e. The lowest BCUT2D eigenvalue weighted by Crippen LogP contribution is -2.34. The van der Waals surface area contributed by atoms with Crippen LogP contribution in [0.25, 0.3) is 0 Å². The van der Waals surface area contributed by atoms with E-state index in [1.807, 2.05) is 0 Å². The first-order valence-corrected chi connectivity index (χ1v) is 11.7. The summed E-state index contributed by atoms with van der Waals surface area (Å²) in [7, 11) is 4.49. The Labute approximate surface area is 193 Å². The van der Waals surface area contributed by atoms with Crippen molar-refractivity contribution in [2.24, 2.45) is 0 Å². The molecule has 2 aromatic rings. The van der Waals surface area contributed by atoms with Crippen LogP contribution in [0.4, 0.5) is 0 Å². The maximum Gasteiger partial charge on any atom is 0.434 e. The molecule has 0 aromatic heterocycles. The van der Waals surface area contributed by atoms with Crippen molar-refractivity contribution in [1.29, 1.82) is 0 Å². The number of hydrogen-bond donors (Lipinski definition) is 0. The Kier molecular flexibility index (Phi) is 7.59. The molecule has 33 heavy (non-hydrogen) atoms. The molecule has 8 nitrogen and oxygen atoms in total. The average molecular weight is 475 g/mol. The molecule has 1 saturated carbocycles. The number of Topliss-reactive ketones (excluding diaryl/α,β-unsaturated/α-hetero) is 1. The fourth-order valence-corrected chi connectivity index (χ4v) is 6.13. The Hall–Kier alpha value is -3.12.